The molecule has 1 aromatic rings. The second-order valence-electron chi connectivity index (χ2n) is 6.12. The van der Waals surface area contributed by atoms with E-state index in [1.165, 1.54) is 13.3 Å². The zero-order chi connectivity index (χ0) is 19.7. The molecule has 1 rings (SSSR count). The summed E-state index contributed by atoms with van der Waals surface area (Å²) in [5.74, 6) is 0.129. The number of alkyl carbamates (subject to hydrolysis) is 1. The van der Waals surface area contributed by atoms with Crippen LogP contribution in [0.3, 0.4) is 0 Å². The van der Waals surface area contributed by atoms with Crippen LogP contribution in [-0.2, 0) is 14.2 Å². The molecular formula is C17H28N4O5. The molecule has 0 saturated carbocycles. The van der Waals surface area contributed by atoms with Gasteiger partial charge in [-0.3, -0.25) is 0 Å². The fourth-order valence-corrected chi connectivity index (χ4v) is 2.15. The topological polar surface area (TPSA) is 94.9 Å². The van der Waals surface area contributed by atoms with Gasteiger partial charge in [-0.25, -0.2) is 14.3 Å². The third-order valence-electron chi connectivity index (χ3n) is 3.50. The molecule has 9 heteroatoms. The largest absolute Gasteiger partial charge is 0.462 e. The van der Waals surface area contributed by atoms with E-state index in [4.69, 9.17) is 9.47 Å². The third-order valence-corrected chi connectivity index (χ3v) is 3.50. The van der Waals surface area contributed by atoms with Crippen molar-refractivity contribution < 1.29 is 23.8 Å². The van der Waals surface area contributed by atoms with E-state index in [9.17, 15) is 9.59 Å². The lowest BCUT2D eigenvalue weighted by atomic mass is 10.1. The molecule has 1 heterocycles. The molecule has 0 fully saturated rings. The van der Waals surface area contributed by atoms with Crippen molar-refractivity contribution >= 4 is 24.1 Å². The molecule has 1 amide bonds. The van der Waals surface area contributed by atoms with E-state index in [-0.39, 0.29) is 6.61 Å². The molecule has 0 spiro atoms. The minimum atomic E-state index is -0.675. The Labute approximate surface area is 153 Å². The molecule has 0 aliphatic carbocycles. The second-order valence-corrected chi connectivity index (χ2v) is 6.12. The average Bonchev–Trinajstić information content (AvgIpc) is 3.02. The zero-order valence-corrected chi connectivity index (χ0v) is 16.2. The summed E-state index contributed by atoms with van der Waals surface area (Å²) in [5.41, 5.74) is -0.320. The fraction of sp³-hybridized carbons (Fsp3) is 0.588. The molecule has 0 aliphatic rings. The molecule has 0 atom stereocenters. The Kier molecular flexibility index (Phi) is 8.11. The van der Waals surface area contributed by atoms with Crippen LogP contribution in [0.1, 0.15) is 31.1 Å². The molecule has 9 nitrogen and oxygen atoms in total. The van der Waals surface area contributed by atoms with Gasteiger partial charge in [-0.1, -0.05) is 0 Å². The van der Waals surface area contributed by atoms with Crippen molar-refractivity contribution in [3.05, 3.63) is 17.8 Å². The van der Waals surface area contributed by atoms with E-state index in [1.54, 1.807) is 31.0 Å². The quantitative estimate of drug-likeness (QED) is 0.664. The number of hydrogen-bond donors (Lipinski definition) is 1. The SMILES string of the molecule is CCOC(=O)c1cnn(C=CC(C)(C)NC(=O)OC)c1N(C)CCOC. The van der Waals surface area contributed by atoms with Crippen molar-refractivity contribution in [2.24, 2.45) is 0 Å². The summed E-state index contributed by atoms with van der Waals surface area (Å²) in [5, 5.41) is 6.95. The van der Waals surface area contributed by atoms with Gasteiger partial charge in [-0.05, 0) is 26.8 Å². The second kappa shape index (κ2) is 9.81. The van der Waals surface area contributed by atoms with Crippen LogP contribution in [0.2, 0.25) is 0 Å². The third kappa shape index (κ3) is 6.07. The monoisotopic (exact) mass is 368 g/mol. The van der Waals surface area contributed by atoms with Crippen LogP contribution in [0.25, 0.3) is 6.20 Å². The molecule has 1 N–H and O–H groups in total. The predicted octanol–water partition coefficient (Wildman–Crippen LogP) is 1.75. The van der Waals surface area contributed by atoms with Crippen LogP contribution in [-0.4, -0.2) is 68.4 Å². The lowest BCUT2D eigenvalue weighted by Crippen LogP contribution is -2.41. The Bertz CT molecular complexity index is 639. The maximum Gasteiger partial charge on any atom is 0.407 e. The molecule has 0 aromatic carbocycles. The van der Waals surface area contributed by atoms with Crippen LogP contribution >= 0.6 is 0 Å². The van der Waals surface area contributed by atoms with E-state index in [0.29, 0.717) is 24.5 Å². The zero-order valence-electron chi connectivity index (χ0n) is 16.2. The van der Waals surface area contributed by atoms with Crippen LogP contribution in [0, 0.1) is 0 Å². The number of amides is 1. The summed E-state index contributed by atoms with van der Waals surface area (Å²) in [7, 11) is 4.75. The highest BCUT2D eigenvalue weighted by Gasteiger charge is 2.22. The van der Waals surface area contributed by atoms with Crippen LogP contribution in [0.5, 0.6) is 0 Å². The average molecular weight is 368 g/mol. The Hall–Kier alpha value is -2.55. The van der Waals surface area contributed by atoms with Crippen molar-refractivity contribution in [1.29, 1.82) is 0 Å². The number of aromatic nitrogens is 2. The van der Waals surface area contributed by atoms with Crippen LogP contribution in [0.15, 0.2) is 12.3 Å². The summed E-state index contributed by atoms with van der Waals surface area (Å²) in [6.45, 7) is 6.69. The van der Waals surface area contributed by atoms with E-state index >= 15 is 0 Å². The first-order chi connectivity index (χ1) is 12.3. The Morgan fingerprint density at radius 3 is 2.65 bits per heavy atom. The molecule has 0 radical (unpaired) electrons. The summed E-state index contributed by atoms with van der Waals surface area (Å²) in [6.07, 6.45) is 4.35. The standard InChI is InChI=1S/C17H28N4O5/c1-7-26-15(22)13-12-18-21(14(13)20(4)10-11-24-5)9-8-17(2,3)19-16(23)25-6/h8-9,12H,7,10-11H2,1-6H3,(H,19,23). The van der Waals surface area contributed by atoms with Crippen LogP contribution in [0.4, 0.5) is 10.6 Å². The van der Waals surface area contributed by atoms with Crippen molar-refractivity contribution in [3.63, 3.8) is 0 Å². The van der Waals surface area contributed by atoms with Gasteiger partial charge < -0.3 is 24.4 Å². The molecule has 0 saturated heterocycles. The van der Waals surface area contributed by atoms with Gasteiger partial charge in [0, 0.05) is 26.9 Å². The highest BCUT2D eigenvalue weighted by molar-refractivity contribution is 5.95. The number of hydrogen-bond acceptors (Lipinski definition) is 7. The minimum absolute atomic E-state index is 0.275. The van der Waals surface area contributed by atoms with Crippen molar-refractivity contribution in [2.45, 2.75) is 26.3 Å². The molecule has 0 bridgehead atoms. The molecule has 26 heavy (non-hydrogen) atoms. The summed E-state index contributed by atoms with van der Waals surface area (Å²) >= 11 is 0. The first-order valence-corrected chi connectivity index (χ1v) is 8.26. The van der Waals surface area contributed by atoms with Gasteiger partial charge in [-0.2, -0.15) is 5.10 Å². The van der Waals surface area contributed by atoms with Crippen LogP contribution < -0.4 is 10.2 Å². The van der Waals surface area contributed by atoms with Gasteiger partial charge in [0.25, 0.3) is 0 Å². The number of likely N-dealkylation sites (N-methyl/N-ethyl adjacent to an activating group) is 1. The van der Waals surface area contributed by atoms with Crippen molar-refractivity contribution in [2.75, 3.05) is 45.9 Å². The molecule has 146 valence electrons. The van der Waals surface area contributed by atoms with Crippen molar-refractivity contribution in [1.82, 2.24) is 15.1 Å². The molecule has 0 unspecified atom stereocenters. The number of carbonyl (C=O) groups excluding carboxylic acids is 2. The van der Waals surface area contributed by atoms with Gasteiger partial charge in [0.05, 0.1) is 32.1 Å². The van der Waals surface area contributed by atoms with E-state index in [0.717, 1.165) is 0 Å². The smallest absolute Gasteiger partial charge is 0.407 e. The van der Waals surface area contributed by atoms with Gasteiger partial charge in [0.2, 0.25) is 0 Å². The highest BCUT2D eigenvalue weighted by atomic mass is 16.5. The highest BCUT2D eigenvalue weighted by Crippen LogP contribution is 2.21. The summed E-state index contributed by atoms with van der Waals surface area (Å²) in [6, 6.07) is 0. The molecular weight excluding hydrogens is 340 g/mol. The van der Waals surface area contributed by atoms with E-state index in [1.807, 2.05) is 25.8 Å². The number of ether oxygens (including phenoxy) is 3. The molecule has 1 aromatic heterocycles. The summed E-state index contributed by atoms with van der Waals surface area (Å²) < 4.78 is 16.4. The molecule has 0 aliphatic heterocycles. The number of carbonyl (C=O) groups is 2. The predicted molar refractivity (Wildman–Crippen MR) is 98.3 cm³/mol. The maximum atomic E-state index is 12.2. The van der Waals surface area contributed by atoms with E-state index in [2.05, 4.69) is 15.2 Å². The van der Waals surface area contributed by atoms with Gasteiger partial charge in [-0.15, -0.1) is 0 Å². The Balaban J connectivity index is 3.15. The Morgan fingerprint density at radius 2 is 2.08 bits per heavy atom. The van der Waals surface area contributed by atoms with Gasteiger partial charge in [0.15, 0.2) is 0 Å². The fourth-order valence-electron chi connectivity index (χ4n) is 2.15. The normalized spacial score (nSPS) is 11.5. The number of nitrogens with one attached hydrogen (secondary N) is 1. The number of anilines is 1. The number of rotatable bonds is 9. The lowest BCUT2D eigenvalue weighted by Gasteiger charge is -2.22. The Morgan fingerprint density at radius 1 is 1.38 bits per heavy atom. The van der Waals surface area contributed by atoms with Gasteiger partial charge in [0.1, 0.15) is 11.4 Å². The number of methoxy groups -OCH3 is 2. The van der Waals surface area contributed by atoms with Crippen molar-refractivity contribution in [3.8, 4) is 0 Å². The first kappa shape index (κ1) is 21.5. The number of esters is 1. The first-order valence-electron chi connectivity index (χ1n) is 8.26. The lowest BCUT2D eigenvalue weighted by molar-refractivity contribution is 0.0527. The van der Waals surface area contributed by atoms with Gasteiger partial charge >= 0.3 is 12.1 Å². The number of nitrogens with zero attached hydrogens (tertiary/aromatic N) is 3. The van der Waals surface area contributed by atoms with E-state index < -0.39 is 17.6 Å². The minimum Gasteiger partial charge on any atom is -0.462 e. The summed E-state index contributed by atoms with van der Waals surface area (Å²) in [4.78, 5) is 25.5. The maximum absolute atomic E-state index is 12.2.